The number of imide groups is 1. The van der Waals surface area contributed by atoms with Gasteiger partial charge in [-0.15, -0.1) is 0 Å². The summed E-state index contributed by atoms with van der Waals surface area (Å²) in [5.41, 5.74) is 1.93. The minimum Gasteiger partial charge on any atom is -0.334 e. The Labute approximate surface area is 135 Å². The lowest BCUT2D eigenvalue weighted by atomic mass is 10.0. The van der Waals surface area contributed by atoms with Crippen LogP contribution in [0.4, 0.5) is 4.79 Å². The number of hydrogen-bond donors (Lipinski definition) is 0. The van der Waals surface area contributed by atoms with Crippen LogP contribution in [0, 0.1) is 0 Å². The molecular weight excluding hydrogens is 316 g/mol. The largest absolute Gasteiger partial charge is 0.334 e. The second-order valence-electron chi connectivity index (χ2n) is 5.44. The first-order valence-corrected chi connectivity index (χ1v) is 8.11. The summed E-state index contributed by atoms with van der Waals surface area (Å²) in [5, 5.41) is -0.215. The molecule has 2 aliphatic heterocycles. The summed E-state index contributed by atoms with van der Waals surface area (Å²) < 4.78 is 0. The van der Waals surface area contributed by atoms with Crippen molar-refractivity contribution in [1.29, 1.82) is 0 Å². The van der Waals surface area contributed by atoms with Gasteiger partial charge in [0.1, 0.15) is 0 Å². The van der Waals surface area contributed by atoms with E-state index >= 15 is 0 Å². The van der Waals surface area contributed by atoms with Crippen molar-refractivity contribution in [3.63, 3.8) is 0 Å². The summed E-state index contributed by atoms with van der Waals surface area (Å²) in [6.45, 7) is 0.769. The lowest BCUT2D eigenvalue weighted by molar-refractivity contribution is -0.128. The number of thioether (sulfide) groups is 1. The van der Waals surface area contributed by atoms with E-state index in [4.69, 9.17) is 0 Å². The number of likely N-dealkylation sites (tertiary alicyclic amines) is 1. The monoisotopic (exact) mass is 328 g/mol. The first kappa shape index (κ1) is 14.1. The van der Waals surface area contributed by atoms with E-state index in [1.165, 1.54) is 4.90 Å². The van der Waals surface area contributed by atoms with Gasteiger partial charge in [-0.05, 0) is 18.2 Å². The van der Waals surface area contributed by atoms with Crippen molar-refractivity contribution >= 4 is 39.8 Å². The van der Waals surface area contributed by atoms with Crippen LogP contribution in [0.5, 0.6) is 0 Å². The summed E-state index contributed by atoms with van der Waals surface area (Å²) in [4.78, 5) is 47.1. The van der Waals surface area contributed by atoms with Crippen molar-refractivity contribution in [3.8, 4) is 0 Å². The van der Waals surface area contributed by atoms with Gasteiger partial charge in [-0.25, -0.2) is 0 Å². The highest BCUT2D eigenvalue weighted by Crippen LogP contribution is 2.27. The maximum Gasteiger partial charge on any atom is 0.289 e. The highest BCUT2D eigenvalue weighted by atomic mass is 32.2. The second kappa shape index (κ2) is 5.31. The maximum atomic E-state index is 12.5. The average molecular weight is 328 g/mol. The number of fused-ring (bicyclic) bond motifs is 1. The highest BCUT2D eigenvalue weighted by Gasteiger charge is 2.43. The fraction of sp³-hybridized carbons (Fsp3) is 0.267. The van der Waals surface area contributed by atoms with E-state index in [2.05, 4.69) is 9.97 Å². The van der Waals surface area contributed by atoms with Crippen molar-refractivity contribution in [2.24, 2.45) is 0 Å². The van der Waals surface area contributed by atoms with Crippen molar-refractivity contribution in [3.05, 3.63) is 36.2 Å². The van der Waals surface area contributed by atoms with E-state index in [-0.39, 0.29) is 28.8 Å². The van der Waals surface area contributed by atoms with E-state index in [0.29, 0.717) is 24.2 Å². The molecule has 8 heteroatoms. The molecule has 0 saturated carbocycles. The van der Waals surface area contributed by atoms with Gasteiger partial charge < -0.3 is 4.90 Å². The van der Waals surface area contributed by atoms with Crippen molar-refractivity contribution < 1.29 is 14.4 Å². The normalized spacial score (nSPS) is 18.6. The third kappa shape index (κ3) is 2.35. The highest BCUT2D eigenvalue weighted by molar-refractivity contribution is 8.14. The zero-order chi connectivity index (χ0) is 16.0. The molecule has 2 aromatic rings. The summed E-state index contributed by atoms with van der Waals surface area (Å²) in [6.07, 6.45) is 3.18. The molecule has 0 radical (unpaired) electrons. The number of rotatable bonds is 2. The Balaban J connectivity index is 1.48. The van der Waals surface area contributed by atoms with E-state index in [9.17, 15) is 14.4 Å². The van der Waals surface area contributed by atoms with E-state index in [1.54, 1.807) is 35.5 Å². The maximum absolute atomic E-state index is 12.5. The standard InChI is InChI=1S/C15H12N4O3S/c20-13-8-23-15(22)19(13)10-6-18(7-10)14(21)9-1-2-11-12(5-9)17-4-3-16-11/h1-5,10H,6-8H2. The molecule has 0 atom stereocenters. The van der Waals surface area contributed by atoms with Crippen LogP contribution in [-0.4, -0.2) is 61.7 Å². The quantitative estimate of drug-likeness (QED) is 0.822. The Morgan fingerprint density at radius 1 is 1.13 bits per heavy atom. The minimum absolute atomic E-state index is 0.124. The zero-order valence-corrected chi connectivity index (χ0v) is 12.8. The van der Waals surface area contributed by atoms with Crippen LogP contribution in [0.1, 0.15) is 10.4 Å². The van der Waals surface area contributed by atoms with Crippen LogP contribution < -0.4 is 0 Å². The molecule has 0 unspecified atom stereocenters. The van der Waals surface area contributed by atoms with E-state index in [1.807, 2.05) is 0 Å². The number of carbonyl (C=O) groups excluding carboxylic acids is 3. The van der Waals surface area contributed by atoms with Crippen molar-refractivity contribution in [2.75, 3.05) is 18.8 Å². The minimum atomic E-state index is -0.215. The first-order valence-electron chi connectivity index (χ1n) is 7.12. The first-order chi connectivity index (χ1) is 11.1. The Bertz CT molecular complexity index is 818. The van der Waals surface area contributed by atoms with Crippen LogP contribution in [0.3, 0.4) is 0 Å². The molecule has 0 spiro atoms. The molecule has 23 heavy (non-hydrogen) atoms. The van der Waals surface area contributed by atoms with Gasteiger partial charge >= 0.3 is 0 Å². The molecule has 0 bridgehead atoms. The predicted molar refractivity (Wildman–Crippen MR) is 83.9 cm³/mol. The fourth-order valence-corrected chi connectivity index (χ4v) is 3.56. The molecule has 1 aromatic carbocycles. The van der Waals surface area contributed by atoms with Crippen LogP contribution in [0.15, 0.2) is 30.6 Å². The molecule has 1 aromatic heterocycles. The van der Waals surface area contributed by atoms with Gasteiger partial charge in [0, 0.05) is 31.0 Å². The molecule has 116 valence electrons. The van der Waals surface area contributed by atoms with Crippen LogP contribution in [0.25, 0.3) is 11.0 Å². The topological polar surface area (TPSA) is 83.5 Å². The van der Waals surface area contributed by atoms with Gasteiger partial charge in [0.05, 0.1) is 22.8 Å². The zero-order valence-electron chi connectivity index (χ0n) is 12.0. The molecule has 0 N–H and O–H groups in total. The van der Waals surface area contributed by atoms with Gasteiger partial charge in [0.2, 0.25) is 5.91 Å². The number of carbonyl (C=O) groups is 3. The number of aromatic nitrogens is 2. The van der Waals surface area contributed by atoms with Crippen LogP contribution in [0.2, 0.25) is 0 Å². The van der Waals surface area contributed by atoms with Gasteiger partial charge in [0.25, 0.3) is 11.1 Å². The number of hydrogen-bond acceptors (Lipinski definition) is 6. The molecule has 3 amide bonds. The summed E-state index contributed by atoms with van der Waals surface area (Å²) >= 11 is 1.02. The molecule has 2 aliphatic rings. The summed E-state index contributed by atoms with van der Waals surface area (Å²) in [7, 11) is 0. The van der Waals surface area contributed by atoms with E-state index < -0.39 is 0 Å². The molecule has 2 fully saturated rings. The smallest absolute Gasteiger partial charge is 0.289 e. The fourth-order valence-electron chi connectivity index (χ4n) is 2.78. The van der Waals surface area contributed by atoms with Crippen LogP contribution >= 0.6 is 11.8 Å². The third-order valence-electron chi connectivity index (χ3n) is 4.02. The Morgan fingerprint density at radius 3 is 2.57 bits per heavy atom. The van der Waals surface area contributed by atoms with Crippen LogP contribution in [-0.2, 0) is 4.79 Å². The lowest BCUT2D eigenvalue weighted by Gasteiger charge is -2.42. The molecule has 2 saturated heterocycles. The summed E-state index contributed by atoms with van der Waals surface area (Å²) in [6, 6.07) is 4.99. The molecular formula is C15H12N4O3S. The molecule has 7 nitrogen and oxygen atoms in total. The number of benzene rings is 1. The van der Waals surface area contributed by atoms with Crippen molar-refractivity contribution in [2.45, 2.75) is 6.04 Å². The van der Waals surface area contributed by atoms with Gasteiger partial charge in [-0.3, -0.25) is 29.3 Å². The van der Waals surface area contributed by atoms with Crippen molar-refractivity contribution in [1.82, 2.24) is 19.8 Å². The Morgan fingerprint density at radius 2 is 1.87 bits per heavy atom. The number of nitrogens with zero attached hydrogens (tertiary/aromatic N) is 4. The SMILES string of the molecule is O=C(c1ccc2nccnc2c1)N1CC(N2C(=O)CSC2=O)C1. The van der Waals surface area contributed by atoms with Gasteiger partial charge in [-0.1, -0.05) is 11.8 Å². The second-order valence-corrected chi connectivity index (χ2v) is 6.37. The average Bonchev–Trinajstić information content (AvgIpc) is 2.85. The van der Waals surface area contributed by atoms with Gasteiger partial charge in [0.15, 0.2) is 0 Å². The summed E-state index contributed by atoms with van der Waals surface area (Å²) in [5.74, 6) is -0.0919. The number of amides is 3. The Hall–Kier alpha value is -2.48. The third-order valence-corrected chi connectivity index (χ3v) is 4.85. The molecule has 0 aliphatic carbocycles. The predicted octanol–water partition coefficient (Wildman–Crippen LogP) is 1.15. The van der Waals surface area contributed by atoms with Gasteiger partial charge in [-0.2, -0.15) is 0 Å². The van der Waals surface area contributed by atoms with E-state index in [0.717, 1.165) is 17.3 Å². The molecule has 4 rings (SSSR count). The Kier molecular flexibility index (Phi) is 3.26. The molecule has 3 heterocycles. The lowest BCUT2D eigenvalue weighted by Crippen LogP contribution is -2.62.